The number of nitrogens with zero attached hydrogens (tertiary/aromatic N) is 1. The molecule has 0 bridgehead atoms. The van der Waals surface area contributed by atoms with Gasteiger partial charge in [-0.15, -0.1) is 0 Å². The van der Waals surface area contributed by atoms with Crippen molar-refractivity contribution in [2.75, 3.05) is 27.3 Å². The van der Waals surface area contributed by atoms with E-state index in [1.54, 1.807) is 18.2 Å². The SMILES string of the molecule is COc1ccc(CC(=O)O[C@@H](C)C(=O)N2CCNC2=O)c(OC)c1. The Morgan fingerprint density at radius 1 is 1.29 bits per heavy atom. The van der Waals surface area contributed by atoms with E-state index in [0.717, 1.165) is 4.90 Å². The van der Waals surface area contributed by atoms with Crippen molar-refractivity contribution in [3.8, 4) is 11.5 Å². The van der Waals surface area contributed by atoms with Gasteiger partial charge in [0.2, 0.25) is 0 Å². The van der Waals surface area contributed by atoms with Crippen LogP contribution in [0.2, 0.25) is 0 Å². The zero-order chi connectivity index (χ0) is 17.7. The molecule has 1 saturated heterocycles. The van der Waals surface area contributed by atoms with Crippen LogP contribution in [0, 0.1) is 0 Å². The van der Waals surface area contributed by atoms with Crippen LogP contribution in [-0.4, -0.2) is 56.2 Å². The van der Waals surface area contributed by atoms with E-state index in [4.69, 9.17) is 14.2 Å². The summed E-state index contributed by atoms with van der Waals surface area (Å²) in [7, 11) is 3.02. The van der Waals surface area contributed by atoms with E-state index in [2.05, 4.69) is 5.32 Å². The summed E-state index contributed by atoms with van der Waals surface area (Å²) in [6.45, 7) is 2.11. The summed E-state index contributed by atoms with van der Waals surface area (Å²) in [5.74, 6) is -0.0317. The summed E-state index contributed by atoms with van der Waals surface area (Å²) in [6, 6.07) is 4.58. The lowest BCUT2D eigenvalue weighted by Crippen LogP contribution is -2.42. The third-order valence-electron chi connectivity index (χ3n) is 3.61. The van der Waals surface area contributed by atoms with E-state index in [1.807, 2.05) is 0 Å². The highest BCUT2D eigenvalue weighted by molar-refractivity contribution is 5.98. The number of benzene rings is 1. The molecule has 1 N–H and O–H groups in total. The molecule has 8 nitrogen and oxygen atoms in total. The van der Waals surface area contributed by atoms with Crippen LogP contribution in [0.1, 0.15) is 12.5 Å². The third-order valence-corrected chi connectivity index (χ3v) is 3.61. The van der Waals surface area contributed by atoms with Gasteiger partial charge in [-0.05, 0) is 13.0 Å². The number of urea groups is 1. The first-order valence-corrected chi connectivity index (χ1v) is 7.46. The molecule has 8 heteroatoms. The van der Waals surface area contributed by atoms with Crippen LogP contribution in [0.25, 0.3) is 0 Å². The zero-order valence-corrected chi connectivity index (χ0v) is 13.8. The number of amides is 3. The summed E-state index contributed by atoms with van der Waals surface area (Å²) in [6.07, 6.45) is -1.10. The normalized spacial score (nSPS) is 14.8. The molecular formula is C16H20N2O6. The number of rotatable bonds is 6. The summed E-state index contributed by atoms with van der Waals surface area (Å²) >= 11 is 0. The summed E-state index contributed by atoms with van der Waals surface area (Å²) in [5.41, 5.74) is 0.613. The maximum Gasteiger partial charge on any atom is 0.324 e. The van der Waals surface area contributed by atoms with Crippen LogP contribution >= 0.6 is 0 Å². The molecule has 0 radical (unpaired) electrons. The first-order chi connectivity index (χ1) is 11.5. The van der Waals surface area contributed by atoms with Crippen molar-refractivity contribution in [2.24, 2.45) is 0 Å². The van der Waals surface area contributed by atoms with Gasteiger partial charge in [-0.2, -0.15) is 0 Å². The second kappa shape index (κ2) is 7.67. The quantitative estimate of drug-likeness (QED) is 0.770. The molecule has 0 aliphatic carbocycles. The van der Waals surface area contributed by atoms with E-state index in [1.165, 1.54) is 21.1 Å². The van der Waals surface area contributed by atoms with Gasteiger partial charge in [0.25, 0.3) is 5.91 Å². The summed E-state index contributed by atoms with van der Waals surface area (Å²) in [4.78, 5) is 36.7. The minimum atomic E-state index is -1.04. The van der Waals surface area contributed by atoms with Gasteiger partial charge >= 0.3 is 12.0 Å². The van der Waals surface area contributed by atoms with Crippen LogP contribution in [0.15, 0.2) is 18.2 Å². The molecule has 1 aromatic carbocycles. The maximum atomic E-state index is 12.1. The average molecular weight is 336 g/mol. The van der Waals surface area contributed by atoms with Crippen LogP contribution < -0.4 is 14.8 Å². The molecule has 1 aliphatic rings. The van der Waals surface area contributed by atoms with Crippen molar-refractivity contribution >= 4 is 17.9 Å². The number of nitrogens with one attached hydrogen (secondary N) is 1. The van der Waals surface area contributed by atoms with Gasteiger partial charge in [-0.25, -0.2) is 4.79 Å². The summed E-state index contributed by atoms with van der Waals surface area (Å²) in [5, 5.41) is 2.52. The van der Waals surface area contributed by atoms with E-state index in [9.17, 15) is 14.4 Å². The minimum absolute atomic E-state index is 0.0585. The number of methoxy groups -OCH3 is 2. The second-order valence-electron chi connectivity index (χ2n) is 5.21. The average Bonchev–Trinajstić information content (AvgIpc) is 3.00. The van der Waals surface area contributed by atoms with Crippen molar-refractivity contribution in [1.29, 1.82) is 0 Å². The topological polar surface area (TPSA) is 94.2 Å². The molecule has 0 saturated carbocycles. The lowest BCUT2D eigenvalue weighted by Gasteiger charge is -2.18. The molecule has 1 heterocycles. The number of hydrogen-bond acceptors (Lipinski definition) is 6. The zero-order valence-electron chi connectivity index (χ0n) is 13.8. The van der Waals surface area contributed by atoms with Crippen molar-refractivity contribution in [1.82, 2.24) is 10.2 Å². The van der Waals surface area contributed by atoms with Crippen LogP contribution in [0.5, 0.6) is 11.5 Å². The standard InChI is InChI=1S/C16H20N2O6/c1-10(15(20)18-7-6-17-16(18)21)24-14(19)8-11-4-5-12(22-2)9-13(11)23-3/h4-5,9-10H,6-8H2,1-3H3,(H,17,21)/t10-/m0/s1. The monoisotopic (exact) mass is 336 g/mol. The first kappa shape index (κ1) is 17.6. The van der Waals surface area contributed by atoms with Crippen molar-refractivity contribution in [3.63, 3.8) is 0 Å². The van der Waals surface area contributed by atoms with Crippen molar-refractivity contribution in [3.05, 3.63) is 23.8 Å². The highest BCUT2D eigenvalue weighted by Gasteiger charge is 2.31. The molecule has 1 aliphatic heterocycles. The smallest absolute Gasteiger partial charge is 0.324 e. The van der Waals surface area contributed by atoms with Crippen LogP contribution in [0.3, 0.4) is 0 Å². The largest absolute Gasteiger partial charge is 0.497 e. The van der Waals surface area contributed by atoms with Gasteiger partial charge in [0.1, 0.15) is 11.5 Å². The molecule has 2 rings (SSSR count). The van der Waals surface area contributed by atoms with Gasteiger partial charge in [0.15, 0.2) is 6.10 Å². The Bertz CT molecular complexity index is 645. The highest BCUT2D eigenvalue weighted by atomic mass is 16.5. The molecule has 0 aromatic heterocycles. The predicted molar refractivity (Wildman–Crippen MR) is 83.9 cm³/mol. The van der Waals surface area contributed by atoms with E-state index in [-0.39, 0.29) is 13.0 Å². The number of imide groups is 1. The Morgan fingerprint density at radius 2 is 2.04 bits per heavy atom. The fourth-order valence-corrected chi connectivity index (χ4v) is 2.34. The second-order valence-corrected chi connectivity index (χ2v) is 5.21. The number of esters is 1. The molecular weight excluding hydrogens is 316 g/mol. The van der Waals surface area contributed by atoms with Crippen molar-refractivity contribution < 1.29 is 28.6 Å². The Balaban J connectivity index is 1.97. The van der Waals surface area contributed by atoms with Gasteiger partial charge in [0.05, 0.1) is 20.6 Å². The van der Waals surface area contributed by atoms with Gasteiger partial charge < -0.3 is 19.5 Å². The fourth-order valence-electron chi connectivity index (χ4n) is 2.34. The Morgan fingerprint density at radius 3 is 2.62 bits per heavy atom. The first-order valence-electron chi connectivity index (χ1n) is 7.46. The minimum Gasteiger partial charge on any atom is -0.497 e. The van der Waals surface area contributed by atoms with Crippen LogP contribution in [-0.2, 0) is 20.7 Å². The predicted octanol–water partition coefficient (Wildman–Crippen LogP) is 0.730. The Hall–Kier alpha value is -2.77. The number of ether oxygens (including phenoxy) is 3. The lowest BCUT2D eigenvalue weighted by atomic mass is 10.1. The van der Waals surface area contributed by atoms with E-state index < -0.39 is 24.0 Å². The van der Waals surface area contributed by atoms with Crippen LogP contribution in [0.4, 0.5) is 4.79 Å². The molecule has 1 aromatic rings. The Labute approximate surface area is 139 Å². The lowest BCUT2D eigenvalue weighted by molar-refractivity contribution is -0.156. The number of carbonyl (C=O) groups excluding carboxylic acids is 3. The Kier molecular flexibility index (Phi) is 5.62. The number of carbonyl (C=O) groups is 3. The molecule has 130 valence electrons. The maximum absolute atomic E-state index is 12.1. The summed E-state index contributed by atoms with van der Waals surface area (Å²) < 4.78 is 15.5. The van der Waals surface area contributed by atoms with Gasteiger partial charge in [-0.3, -0.25) is 14.5 Å². The molecule has 24 heavy (non-hydrogen) atoms. The van der Waals surface area contributed by atoms with Gasteiger partial charge in [0, 0.05) is 24.7 Å². The fraction of sp³-hybridized carbons (Fsp3) is 0.438. The van der Waals surface area contributed by atoms with E-state index in [0.29, 0.717) is 23.6 Å². The molecule has 0 spiro atoms. The van der Waals surface area contributed by atoms with Gasteiger partial charge in [-0.1, -0.05) is 6.07 Å². The molecule has 0 unspecified atom stereocenters. The molecule has 1 fully saturated rings. The highest BCUT2D eigenvalue weighted by Crippen LogP contribution is 2.25. The van der Waals surface area contributed by atoms with Crippen molar-refractivity contribution in [2.45, 2.75) is 19.4 Å². The molecule has 1 atom stereocenters. The third kappa shape index (κ3) is 3.95. The number of hydrogen-bond donors (Lipinski definition) is 1. The molecule has 3 amide bonds. The van der Waals surface area contributed by atoms with E-state index >= 15 is 0 Å².